The Bertz CT molecular complexity index is 379. The first-order chi connectivity index (χ1) is 8.10. The van der Waals surface area contributed by atoms with Gasteiger partial charge < -0.3 is 11.1 Å². The van der Waals surface area contributed by atoms with Crippen LogP contribution in [0.1, 0.15) is 17.2 Å². The topological polar surface area (TPSA) is 58.4 Å². The molecule has 1 amide bonds. The van der Waals surface area contributed by atoms with Crippen LogP contribution in [0.5, 0.6) is 0 Å². The molecule has 1 aromatic carbocycles. The molecule has 0 saturated heterocycles. The lowest BCUT2D eigenvalue weighted by atomic mass is 10.0. The Labute approximate surface area is 103 Å². The molecule has 0 aliphatic heterocycles. The van der Waals surface area contributed by atoms with Gasteiger partial charge in [0, 0.05) is 19.6 Å². The van der Waals surface area contributed by atoms with Crippen molar-refractivity contribution in [1.29, 1.82) is 0 Å². The van der Waals surface area contributed by atoms with Crippen molar-refractivity contribution in [3.63, 3.8) is 0 Å². The van der Waals surface area contributed by atoms with E-state index in [1.807, 2.05) is 24.1 Å². The minimum absolute atomic E-state index is 0.000431. The highest BCUT2D eigenvalue weighted by Gasteiger charge is 2.18. The molecule has 4 nitrogen and oxygen atoms in total. The number of aryl methyl sites for hydroxylation is 1. The van der Waals surface area contributed by atoms with Crippen LogP contribution in [0.2, 0.25) is 0 Å². The Kier molecular flexibility index (Phi) is 5.12. The summed E-state index contributed by atoms with van der Waals surface area (Å²) >= 11 is 0. The third-order valence-electron chi connectivity index (χ3n) is 2.97. The summed E-state index contributed by atoms with van der Waals surface area (Å²) in [5.41, 5.74) is 8.20. The number of carbonyl (C=O) groups excluding carboxylic acids is 1. The molecule has 0 radical (unpaired) electrons. The molecule has 94 valence electrons. The number of likely N-dealkylation sites (N-methyl/N-ethyl adjacent to an activating group) is 2. The maximum absolute atomic E-state index is 11.4. The number of rotatable bonds is 5. The van der Waals surface area contributed by atoms with Crippen LogP contribution in [-0.4, -0.2) is 38.0 Å². The number of nitrogens with zero attached hydrogens (tertiary/aromatic N) is 1. The largest absolute Gasteiger partial charge is 0.358 e. The highest BCUT2D eigenvalue weighted by molar-refractivity contribution is 5.77. The van der Waals surface area contributed by atoms with Gasteiger partial charge in [-0.05, 0) is 25.1 Å². The second-order valence-corrected chi connectivity index (χ2v) is 4.20. The molecule has 0 heterocycles. The molecule has 0 aliphatic carbocycles. The monoisotopic (exact) mass is 235 g/mol. The standard InChI is InChI=1S/C13H21N3O/c1-10-6-4-5-7-11(10)12(8-14)16(3)9-13(17)15-2/h4-7,12H,8-9,14H2,1-3H3,(H,15,17). The lowest BCUT2D eigenvalue weighted by Crippen LogP contribution is -2.38. The fraction of sp³-hybridized carbons (Fsp3) is 0.462. The van der Waals surface area contributed by atoms with Gasteiger partial charge in [0.1, 0.15) is 0 Å². The third-order valence-corrected chi connectivity index (χ3v) is 2.97. The van der Waals surface area contributed by atoms with Crippen molar-refractivity contribution in [1.82, 2.24) is 10.2 Å². The first kappa shape index (κ1) is 13.7. The van der Waals surface area contributed by atoms with Gasteiger partial charge in [-0.2, -0.15) is 0 Å². The van der Waals surface area contributed by atoms with E-state index in [1.54, 1.807) is 7.05 Å². The quantitative estimate of drug-likeness (QED) is 0.789. The zero-order valence-corrected chi connectivity index (χ0v) is 10.7. The average molecular weight is 235 g/mol. The SMILES string of the molecule is CNC(=O)CN(C)C(CN)c1ccccc1C. The Morgan fingerprint density at radius 1 is 1.47 bits per heavy atom. The van der Waals surface area contributed by atoms with E-state index in [9.17, 15) is 4.79 Å². The maximum atomic E-state index is 11.4. The van der Waals surface area contributed by atoms with Crippen LogP contribution in [0.15, 0.2) is 24.3 Å². The maximum Gasteiger partial charge on any atom is 0.233 e. The van der Waals surface area contributed by atoms with Crippen LogP contribution < -0.4 is 11.1 Å². The molecular weight excluding hydrogens is 214 g/mol. The van der Waals surface area contributed by atoms with Crippen LogP contribution >= 0.6 is 0 Å². The molecule has 3 N–H and O–H groups in total. The Balaban J connectivity index is 2.84. The van der Waals surface area contributed by atoms with E-state index in [-0.39, 0.29) is 11.9 Å². The van der Waals surface area contributed by atoms with Crippen molar-refractivity contribution in [2.45, 2.75) is 13.0 Å². The van der Waals surface area contributed by atoms with Gasteiger partial charge >= 0.3 is 0 Å². The van der Waals surface area contributed by atoms with Crippen LogP contribution in [0, 0.1) is 6.92 Å². The van der Waals surface area contributed by atoms with Gasteiger partial charge in [0.2, 0.25) is 5.91 Å². The van der Waals surface area contributed by atoms with E-state index in [0.717, 1.165) is 0 Å². The lowest BCUT2D eigenvalue weighted by Gasteiger charge is -2.27. The number of amides is 1. The zero-order valence-electron chi connectivity index (χ0n) is 10.7. The van der Waals surface area contributed by atoms with Crippen molar-refractivity contribution in [3.8, 4) is 0 Å². The number of hydrogen-bond donors (Lipinski definition) is 2. The highest BCUT2D eigenvalue weighted by atomic mass is 16.1. The van der Waals surface area contributed by atoms with Crippen LogP contribution in [-0.2, 0) is 4.79 Å². The summed E-state index contributed by atoms with van der Waals surface area (Å²) in [4.78, 5) is 13.3. The molecule has 1 unspecified atom stereocenters. The van der Waals surface area contributed by atoms with Crippen molar-refractivity contribution in [2.75, 3.05) is 27.2 Å². The molecule has 17 heavy (non-hydrogen) atoms. The van der Waals surface area contributed by atoms with Crippen LogP contribution in [0.3, 0.4) is 0 Å². The van der Waals surface area contributed by atoms with E-state index >= 15 is 0 Å². The second-order valence-electron chi connectivity index (χ2n) is 4.20. The number of benzene rings is 1. The molecule has 0 spiro atoms. The van der Waals surface area contributed by atoms with Gasteiger partial charge in [-0.3, -0.25) is 9.69 Å². The average Bonchev–Trinajstić information content (AvgIpc) is 2.32. The normalized spacial score (nSPS) is 12.5. The number of hydrogen-bond acceptors (Lipinski definition) is 3. The number of carbonyl (C=O) groups is 1. The molecule has 1 rings (SSSR count). The predicted molar refractivity (Wildman–Crippen MR) is 69.7 cm³/mol. The van der Waals surface area contributed by atoms with E-state index in [0.29, 0.717) is 13.1 Å². The Hall–Kier alpha value is -1.39. The molecule has 0 aromatic heterocycles. The van der Waals surface area contributed by atoms with Crippen molar-refractivity contribution in [3.05, 3.63) is 35.4 Å². The number of nitrogens with two attached hydrogens (primary N) is 1. The summed E-state index contributed by atoms with van der Waals surface area (Å²) in [5.74, 6) is -0.000431. The molecule has 1 atom stereocenters. The number of nitrogens with one attached hydrogen (secondary N) is 1. The summed E-state index contributed by atoms with van der Waals surface area (Å²) in [6.07, 6.45) is 0. The summed E-state index contributed by atoms with van der Waals surface area (Å²) in [7, 11) is 3.56. The van der Waals surface area contributed by atoms with E-state index < -0.39 is 0 Å². The van der Waals surface area contributed by atoms with E-state index in [1.165, 1.54) is 11.1 Å². The summed E-state index contributed by atoms with van der Waals surface area (Å²) in [6, 6.07) is 8.21. The summed E-state index contributed by atoms with van der Waals surface area (Å²) in [6.45, 7) is 2.91. The molecular formula is C13H21N3O. The van der Waals surface area contributed by atoms with E-state index in [2.05, 4.69) is 24.4 Å². The molecule has 0 saturated carbocycles. The Morgan fingerprint density at radius 2 is 2.12 bits per heavy atom. The smallest absolute Gasteiger partial charge is 0.233 e. The third kappa shape index (κ3) is 3.54. The molecule has 4 heteroatoms. The van der Waals surface area contributed by atoms with Gasteiger partial charge in [-0.15, -0.1) is 0 Å². The first-order valence-corrected chi connectivity index (χ1v) is 5.76. The van der Waals surface area contributed by atoms with E-state index in [4.69, 9.17) is 5.73 Å². The lowest BCUT2D eigenvalue weighted by molar-refractivity contribution is -0.121. The fourth-order valence-electron chi connectivity index (χ4n) is 1.92. The molecule has 0 fully saturated rings. The van der Waals surface area contributed by atoms with Gasteiger partial charge in [-0.1, -0.05) is 24.3 Å². The Morgan fingerprint density at radius 3 is 2.65 bits per heavy atom. The summed E-state index contributed by atoms with van der Waals surface area (Å²) < 4.78 is 0. The predicted octanol–water partition coefficient (Wildman–Crippen LogP) is 0.673. The minimum atomic E-state index is -0.000431. The second kappa shape index (κ2) is 6.37. The summed E-state index contributed by atoms with van der Waals surface area (Å²) in [5, 5.41) is 2.62. The van der Waals surface area contributed by atoms with Gasteiger partial charge in [-0.25, -0.2) is 0 Å². The molecule has 0 aliphatic rings. The molecule has 0 bridgehead atoms. The van der Waals surface area contributed by atoms with Crippen LogP contribution in [0.4, 0.5) is 0 Å². The van der Waals surface area contributed by atoms with Crippen molar-refractivity contribution < 1.29 is 4.79 Å². The highest BCUT2D eigenvalue weighted by Crippen LogP contribution is 2.21. The first-order valence-electron chi connectivity index (χ1n) is 5.76. The van der Waals surface area contributed by atoms with Crippen LogP contribution in [0.25, 0.3) is 0 Å². The zero-order chi connectivity index (χ0) is 12.8. The van der Waals surface area contributed by atoms with Crippen molar-refractivity contribution in [2.24, 2.45) is 5.73 Å². The van der Waals surface area contributed by atoms with Crippen molar-refractivity contribution >= 4 is 5.91 Å². The van der Waals surface area contributed by atoms with Gasteiger partial charge in [0.05, 0.1) is 6.54 Å². The fourth-order valence-corrected chi connectivity index (χ4v) is 1.92. The van der Waals surface area contributed by atoms with Gasteiger partial charge in [0.25, 0.3) is 0 Å². The van der Waals surface area contributed by atoms with Gasteiger partial charge in [0.15, 0.2) is 0 Å². The minimum Gasteiger partial charge on any atom is -0.358 e. The molecule has 1 aromatic rings.